The number of hydrogen-bond acceptors (Lipinski definition) is 6. The van der Waals surface area contributed by atoms with Gasteiger partial charge >= 0.3 is 0 Å². The van der Waals surface area contributed by atoms with Gasteiger partial charge in [0, 0.05) is 40.2 Å². The second-order valence-electron chi connectivity index (χ2n) is 12.0. The number of anilines is 1. The predicted molar refractivity (Wildman–Crippen MR) is 189 cm³/mol. The molecule has 4 aromatic rings. The van der Waals surface area contributed by atoms with Gasteiger partial charge in [0.05, 0.1) is 24.8 Å². The molecule has 0 heterocycles. The Kier molecular flexibility index (Phi) is 12.0. The zero-order valence-corrected chi connectivity index (χ0v) is 29.8. The molecule has 0 spiro atoms. The van der Waals surface area contributed by atoms with Gasteiger partial charge in [0.25, 0.3) is 10.0 Å². The Labute approximate surface area is 292 Å². The van der Waals surface area contributed by atoms with Crippen molar-refractivity contribution in [3.05, 3.63) is 118 Å². The Hall–Kier alpha value is -4.25. The molecule has 0 radical (unpaired) electrons. The van der Waals surface area contributed by atoms with Gasteiger partial charge in [0.2, 0.25) is 11.8 Å². The number of methoxy groups -OCH3 is 2. The first kappa shape index (κ1) is 36.6. The van der Waals surface area contributed by atoms with Crippen LogP contribution in [-0.2, 0) is 32.6 Å². The van der Waals surface area contributed by atoms with E-state index < -0.39 is 40.0 Å². The average molecular weight is 713 g/mol. The first-order valence-corrected chi connectivity index (χ1v) is 17.3. The molecule has 0 bridgehead atoms. The normalized spacial score (nSPS) is 12.1. The van der Waals surface area contributed by atoms with E-state index in [-0.39, 0.29) is 29.3 Å². The minimum Gasteiger partial charge on any atom is -0.493 e. The summed E-state index contributed by atoms with van der Waals surface area (Å²) >= 11 is 13.2. The van der Waals surface area contributed by atoms with Gasteiger partial charge in [-0.05, 0) is 62.7 Å². The summed E-state index contributed by atoms with van der Waals surface area (Å²) in [6.07, 6.45) is 0.143. The van der Waals surface area contributed by atoms with Crippen LogP contribution in [0.2, 0.25) is 10.0 Å². The lowest BCUT2D eigenvalue weighted by molar-refractivity contribution is -0.140. The van der Waals surface area contributed by atoms with Gasteiger partial charge in [-0.2, -0.15) is 0 Å². The highest BCUT2D eigenvalue weighted by molar-refractivity contribution is 7.92. The first-order valence-electron chi connectivity index (χ1n) is 15.1. The molecular weight excluding hydrogens is 673 g/mol. The predicted octanol–water partition coefficient (Wildman–Crippen LogP) is 6.76. The number of ether oxygens (including phenoxy) is 2. The van der Waals surface area contributed by atoms with E-state index in [2.05, 4.69) is 5.32 Å². The van der Waals surface area contributed by atoms with Crippen molar-refractivity contribution in [1.82, 2.24) is 10.2 Å². The van der Waals surface area contributed by atoms with Gasteiger partial charge in [-0.3, -0.25) is 13.9 Å². The number of carbonyl (C=O) groups excluding carboxylic acids is 2. The Morgan fingerprint density at radius 1 is 0.812 bits per heavy atom. The molecule has 4 aromatic carbocycles. The van der Waals surface area contributed by atoms with Crippen LogP contribution in [0.3, 0.4) is 0 Å². The number of halogens is 2. The minimum atomic E-state index is -4.37. The van der Waals surface area contributed by atoms with Crippen LogP contribution in [0.4, 0.5) is 5.69 Å². The molecule has 0 aliphatic carbocycles. The first-order chi connectivity index (χ1) is 22.7. The van der Waals surface area contributed by atoms with Gasteiger partial charge < -0.3 is 19.7 Å². The van der Waals surface area contributed by atoms with Crippen LogP contribution in [0.15, 0.2) is 102 Å². The molecule has 0 fully saturated rings. The quantitative estimate of drug-likeness (QED) is 0.164. The van der Waals surface area contributed by atoms with Gasteiger partial charge in [0.1, 0.15) is 12.6 Å². The Morgan fingerprint density at radius 3 is 1.96 bits per heavy atom. The van der Waals surface area contributed by atoms with Crippen LogP contribution in [-0.4, -0.2) is 57.5 Å². The molecule has 4 rings (SSSR count). The summed E-state index contributed by atoms with van der Waals surface area (Å²) < 4.78 is 40.4. The van der Waals surface area contributed by atoms with E-state index >= 15 is 0 Å². The van der Waals surface area contributed by atoms with Crippen molar-refractivity contribution < 1.29 is 27.5 Å². The Bertz CT molecular complexity index is 1810. The molecule has 1 N–H and O–H groups in total. The van der Waals surface area contributed by atoms with E-state index in [0.717, 1.165) is 9.87 Å². The van der Waals surface area contributed by atoms with Crippen LogP contribution in [0.5, 0.6) is 11.5 Å². The van der Waals surface area contributed by atoms with E-state index in [4.69, 9.17) is 32.7 Å². The summed E-state index contributed by atoms with van der Waals surface area (Å²) in [6.45, 7) is 4.72. The molecule has 1 unspecified atom stereocenters. The smallest absolute Gasteiger partial charge is 0.264 e. The Morgan fingerprint density at radius 2 is 1.40 bits per heavy atom. The monoisotopic (exact) mass is 711 g/mol. The van der Waals surface area contributed by atoms with Crippen LogP contribution in [0.1, 0.15) is 31.9 Å². The van der Waals surface area contributed by atoms with E-state index in [9.17, 15) is 18.0 Å². The van der Waals surface area contributed by atoms with Crippen LogP contribution >= 0.6 is 23.2 Å². The zero-order valence-electron chi connectivity index (χ0n) is 27.4. The third kappa shape index (κ3) is 9.00. The zero-order chi connectivity index (χ0) is 35.1. The van der Waals surface area contributed by atoms with Crippen molar-refractivity contribution in [3.63, 3.8) is 0 Å². The largest absolute Gasteiger partial charge is 0.493 e. The number of amides is 2. The summed E-state index contributed by atoms with van der Waals surface area (Å²) in [5.41, 5.74) is 0.836. The third-order valence-electron chi connectivity index (χ3n) is 7.43. The van der Waals surface area contributed by atoms with Crippen molar-refractivity contribution >= 4 is 50.7 Å². The van der Waals surface area contributed by atoms with Gasteiger partial charge in [-0.1, -0.05) is 77.8 Å². The molecule has 0 aliphatic heterocycles. The molecule has 0 aliphatic rings. The number of nitrogens with one attached hydrogen (secondary N) is 1. The number of nitrogens with zero attached hydrogens (tertiary/aromatic N) is 2. The van der Waals surface area contributed by atoms with Gasteiger partial charge in [0.15, 0.2) is 11.5 Å². The van der Waals surface area contributed by atoms with Crippen molar-refractivity contribution in [3.8, 4) is 11.5 Å². The summed E-state index contributed by atoms with van der Waals surface area (Å²) in [5.74, 6) is -0.523. The van der Waals surface area contributed by atoms with E-state index in [1.54, 1.807) is 48.5 Å². The fourth-order valence-electron chi connectivity index (χ4n) is 5.09. The number of sulfonamides is 1. The number of hydrogen-bond donors (Lipinski definition) is 1. The van der Waals surface area contributed by atoms with Gasteiger partial charge in [-0.15, -0.1) is 0 Å². The lowest BCUT2D eigenvalue weighted by Gasteiger charge is -2.35. The standard InChI is InChI=1S/C36H39Cl2N3O6S/c1-36(2,3)39-35(43)31(21-25-13-8-6-9-14-25)40(23-28-29(37)17-12-18-30(28)38)34(42)24-41(26-15-10-7-11-16-26)48(44,45)27-19-20-32(46-4)33(22-27)47-5/h6-20,22,31H,21,23-24H2,1-5H3,(H,39,43). The van der Waals surface area contributed by atoms with Crippen LogP contribution in [0.25, 0.3) is 0 Å². The number of rotatable bonds is 13. The second-order valence-corrected chi connectivity index (χ2v) is 14.7. The summed E-state index contributed by atoms with van der Waals surface area (Å²) in [4.78, 5) is 29.9. The number of benzene rings is 4. The molecule has 12 heteroatoms. The lowest BCUT2D eigenvalue weighted by Crippen LogP contribution is -2.56. The van der Waals surface area contributed by atoms with Crippen molar-refractivity contribution in [2.75, 3.05) is 25.1 Å². The van der Waals surface area contributed by atoms with Crippen LogP contribution < -0.4 is 19.1 Å². The second kappa shape index (κ2) is 15.8. The highest BCUT2D eigenvalue weighted by Crippen LogP contribution is 2.33. The van der Waals surface area contributed by atoms with E-state index in [1.807, 2.05) is 51.1 Å². The molecule has 0 saturated carbocycles. The highest BCUT2D eigenvalue weighted by Gasteiger charge is 2.36. The maximum atomic E-state index is 14.7. The maximum absolute atomic E-state index is 14.7. The molecule has 1 atom stereocenters. The molecule has 48 heavy (non-hydrogen) atoms. The summed E-state index contributed by atoms with van der Waals surface area (Å²) in [7, 11) is -1.52. The van der Waals surface area contributed by atoms with Crippen LogP contribution in [0, 0.1) is 0 Å². The number of carbonyl (C=O) groups is 2. The van der Waals surface area contributed by atoms with E-state index in [1.165, 1.54) is 37.3 Å². The Balaban J connectivity index is 1.85. The van der Waals surface area contributed by atoms with Gasteiger partial charge in [-0.25, -0.2) is 8.42 Å². The van der Waals surface area contributed by atoms with Crippen molar-refractivity contribution in [2.45, 2.75) is 50.2 Å². The molecule has 254 valence electrons. The fraction of sp³-hybridized carbons (Fsp3) is 0.278. The topological polar surface area (TPSA) is 105 Å². The molecule has 9 nitrogen and oxygen atoms in total. The molecule has 2 amide bonds. The summed E-state index contributed by atoms with van der Waals surface area (Å²) in [6, 6.07) is 25.7. The van der Waals surface area contributed by atoms with Crippen molar-refractivity contribution in [2.24, 2.45) is 0 Å². The average Bonchev–Trinajstić information content (AvgIpc) is 3.05. The maximum Gasteiger partial charge on any atom is 0.264 e. The fourth-order valence-corrected chi connectivity index (χ4v) is 7.03. The third-order valence-corrected chi connectivity index (χ3v) is 9.90. The number of para-hydroxylation sites is 1. The molecule has 0 aromatic heterocycles. The highest BCUT2D eigenvalue weighted by atomic mass is 35.5. The molecular formula is C36H39Cl2N3O6S. The van der Waals surface area contributed by atoms with Crippen molar-refractivity contribution in [1.29, 1.82) is 0 Å². The lowest BCUT2D eigenvalue weighted by atomic mass is 10.0. The minimum absolute atomic E-state index is 0.121. The molecule has 0 saturated heterocycles. The SMILES string of the molecule is COc1ccc(S(=O)(=O)N(CC(=O)N(Cc2c(Cl)cccc2Cl)C(Cc2ccccc2)C(=O)NC(C)(C)C)c2ccccc2)cc1OC. The van der Waals surface area contributed by atoms with E-state index in [0.29, 0.717) is 21.4 Å². The summed E-state index contributed by atoms with van der Waals surface area (Å²) in [5, 5.41) is 3.60.